The molecule has 170 valence electrons. The molecule has 0 saturated heterocycles. The van der Waals surface area contributed by atoms with Gasteiger partial charge in [0.05, 0.1) is 24.7 Å². The summed E-state index contributed by atoms with van der Waals surface area (Å²) in [6.07, 6.45) is -0.0835. The zero-order chi connectivity index (χ0) is 23.3. The summed E-state index contributed by atoms with van der Waals surface area (Å²) in [5.74, 6) is 1.19. The number of amides is 1. The van der Waals surface area contributed by atoms with Crippen molar-refractivity contribution in [3.63, 3.8) is 0 Å². The van der Waals surface area contributed by atoms with Crippen LogP contribution in [0.5, 0.6) is 11.5 Å². The molecule has 2 aromatic carbocycles. The predicted molar refractivity (Wildman–Crippen MR) is 119 cm³/mol. The molecule has 11 heteroatoms. The number of H-pyrrole nitrogens is 1. The summed E-state index contributed by atoms with van der Waals surface area (Å²) >= 11 is 0. The third kappa shape index (κ3) is 5.42. The number of ether oxygens (including phenoxy) is 2. The van der Waals surface area contributed by atoms with E-state index in [-0.39, 0.29) is 23.8 Å². The minimum atomic E-state index is -3.72. The molecule has 0 aliphatic carbocycles. The van der Waals surface area contributed by atoms with Gasteiger partial charge in [-0.05, 0) is 43.2 Å². The molecule has 3 aromatic rings. The number of hydrogen-bond donors (Lipinski definition) is 3. The number of benzene rings is 2. The van der Waals surface area contributed by atoms with E-state index in [1.807, 2.05) is 13.0 Å². The van der Waals surface area contributed by atoms with Gasteiger partial charge in [-0.2, -0.15) is 4.98 Å². The first-order chi connectivity index (χ1) is 15.2. The molecule has 1 amide bonds. The van der Waals surface area contributed by atoms with Crippen LogP contribution in [0.2, 0.25) is 0 Å². The Bertz CT molecular complexity index is 1220. The molecule has 0 atom stereocenters. The fourth-order valence-electron chi connectivity index (χ4n) is 2.99. The number of anilines is 1. The summed E-state index contributed by atoms with van der Waals surface area (Å²) in [6.45, 7) is 3.48. The number of aromatic nitrogens is 3. The lowest BCUT2D eigenvalue weighted by Gasteiger charge is -2.10. The van der Waals surface area contributed by atoms with Crippen molar-refractivity contribution in [1.29, 1.82) is 0 Å². The Morgan fingerprint density at radius 3 is 2.59 bits per heavy atom. The van der Waals surface area contributed by atoms with Crippen molar-refractivity contribution in [3.8, 4) is 22.9 Å². The molecule has 1 aromatic heterocycles. The first kappa shape index (κ1) is 23.2. The minimum absolute atomic E-state index is 0.0644. The lowest BCUT2D eigenvalue weighted by atomic mass is 10.2. The maximum Gasteiger partial charge on any atom is 0.249 e. The molecule has 0 saturated carbocycles. The van der Waals surface area contributed by atoms with Crippen LogP contribution in [-0.2, 0) is 14.8 Å². The summed E-state index contributed by atoms with van der Waals surface area (Å²) in [5, 5.41) is 9.27. The molecule has 0 spiro atoms. The van der Waals surface area contributed by atoms with E-state index in [0.29, 0.717) is 28.5 Å². The number of methoxy groups -OCH3 is 2. The second-order valence-electron chi connectivity index (χ2n) is 7.04. The molecular weight excluding hydrogens is 434 g/mol. The van der Waals surface area contributed by atoms with Gasteiger partial charge in [-0.15, -0.1) is 5.10 Å². The molecular formula is C21H25N5O5S. The average Bonchev–Trinajstić information content (AvgIpc) is 3.22. The quantitative estimate of drug-likeness (QED) is 0.447. The molecule has 0 bridgehead atoms. The highest BCUT2D eigenvalue weighted by molar-refractivity contribution is 7.89. The Balaban J connectivity index is 1.60. The molecule has 3 N–H and O–H groups in total. The number of aromatic amines is 1. The predicted octanol–water partition coefficient (Wildman–Crippen LogP) is 2.41. The first-order valence-corrected chi connectivity index (χ1v) is 11.2. The van der Waals surface area contributed by atoms with Crippen molar-refractivity contribution in [2.24, 2.45) is 0 Å². The van der Waals surface area contributed by atoms with Crippen molar-refractivity contribution in [1.82, 2.24) is 19.9 Å². The SMILES string of the molecule is COc1ccc(-c2nc(NC(=O)CCNS(=O)(=O)c3cc(C)ccc3C)n[nH]2)c(OC)c1. The van der Waals surface area contributed by atoms with Crippen LogP contribution in [0.3, 0.4) is 0 Å². The molecule has 0 aliphatic rings. The highest BCUT2D eigenvalue weighted by Crippen LogP contribution is 2.31. The molecule has 10 nitrogen and oxygen atoms in total. The zero-order valence-corrected chi connectivity index (χ0v) is 19.0. The lowest BCUT2D eigenvalue weighted by Crippen LogP contribution is -2.28. The second-order valence-corrected chi connectivity index (χ2v) is 8.77. The number of carbonyl (C=O) groups excluding carboxylic acids is 1. The minimum Gasteiger partial charge on any atom is -0.497 e. The zero-order valence-electron chi connectivity index (χ0n) is 18.2. The van der Waals surface area contributed by atoms with Crippen LogP contribution in [-0.4, -0.2) is 50.3 Å². The molecule has 32 heavy (non-hydrogen) atoms. The first-order valence-electron chi connectivity index (χ1n) is 9.75. The fraction of sp³-hybridized carbons (Fsp3) is 0.286. The van der Waals surface area contributed by atoms with Crippen molar-refractivity contribution < 1.29 is 22.7 Å². The Labute approximate surface area is 186 Å². The van der Waals surface area contributed by atoms with Crippen molar-refractivity contribution >= 4 is 21.9 Å². The maximum absolute atomic E-state index is 12.5. The van der Waals surface area contributed by atoms with Gasteiger partial charge in [0.25, 0.3) is 0 Å². The Hall–Kier alpha value is -3.44. The van der Waals surface area contributed by atoms with Crippen LogP contribution in [0.1, 0.15) is 17.5 Å². The number of sulfonamides is 1. The summed E-state index contributed by atoms with van der Waals surface area (Å²) in [7, 11) is -0.640. The van der Waals surface area contributed by atoms with E-state index in [0.717, 1.165) is 5.56 Å². The van der Waals surface area contributed by atoms with Crippen LogP contribution >= 0.6 is 0 Å². The summed E-state index contributed by atoms with van der Waals surface area (Å²) < 4.78 is 38.0. The molecule has 1 heterocycles. The van der Waals surface area contributed by atoms with E-state index in [9.17, 15) is 13.2 Å². The number of rotatable bonds is 9. The topological polar surface area (TPSA) is 135 Å². The number of nitrogens with one attached hydrogen (secondary N) is 3. The third-order valence-electron chi connectivity index (χ3n) is 4.68. The standard InChI is InChI=1S/C21H25N5O5S/c1-13-5-6-14(2)18(11-13)32(28,29)22-10-9-19(27)23-21-24-20(25-26-21)16-8-7-15(30-3)12-17(16)31-4/h5-8,11-12,22H,9-10H2,1-4H3,(H2,23,24,25,26,27). The van der Waals surface area contributed by atoms with Crippen molar-refractivity contribution in [2.75, 3.05) is 26.1 Å². The van der Waals surface area contributed by atoms with Gasteiger partial charge >= 0.3 is 0 Å². The van der Waals surface area contributed by atoms with E-state index in [2.05, 4.69) is 25.2 Å². The number of carbonyl (C=O) groups is 1. The van der Waals surface area contributed by atoms with Gasteiger partial charge in [0.2, 0.25) is 21.9 Å². The molecule has 0 unspecified atom stereocenters. The van der Waals surface area contributed by atoms with E-state index in [1.54, 1.807) is 44.4 Å². The average molecular weight is 460 g/mol. The van der Waals surface area contributed by atoms with Gasteiger partial charge in [-0.1, -0.05) is 12.1 Å². The van der Waals surface area contributed by atoms with Gasteiger partial charge in [0.1, 0.15) is 11.5 Å². The summed E-state index contributed by atoms with van der Waals surface area (Å²) in [6, 6.07) is 10.4. The molecule has 3 rings (SSSR count). The van der Waals surface area contributed by atoms with Gasteiger partial charge in [0, 0.05) is 19.0 Å². The van der Waals surface area contributed by atoms with E-state index in [4.69, 9.17) is 9.47 Å². The van der Waals surface area contributed by atoms with Crippen LogP contribution < -0.4 is 19.5 Å². The van der Waals surface area contributed by atoms with E-state index < -0.39 is 15.9 Å². The highest BCUT2D eigenvalue weighted by atomic mass is 32.2. The monoisotopic (exact) mass is 459 g/mol. The third-order valence-corrected chi connectivity index (χ3v) is 6.28. The van der Waals surface area contributed by atoms with E-state index in [1.165, 1.54) is 7.11 Å². The van der Waals surface area contributed by atoms with Crippen LogP contribution in [0.15, 0.2) is 41.3 Å². The summed E-state index contributed by atoms with van der Waals surface area (Å²) in [5.41, 5.74) is 2.11. The van der Waals surface area contributed by atoms with Crippen molar-refractivity contribution in [2.45, 2.75) is 25.2 Å². The second kappa shape index (κ2) is 9.79. The van der Waals surface area contributed by atoms with Crippen LogP contribution in [0.25, 0.3) is 11.4 Å². The summed E-state index contributed by atoms with van der Waals surface area (Å²) in [4.78, 5) is 16.7. The number of aryl methyl sites for hydroxylation is 2. The largest absolute Gasteiger partial charge is 0.497 e. The Morgan fingerprint density at radius 2 is 1.88 bits per heavy atom. The number of nitrogens with zero attached hydrogens (tertiary/aromatic N) is 2. The van der Waals surface area contributed by atoms with Gasteiger partial charge in [-0.25, -0.2) is 13.1 Å². The lowest BCUT2D eigenvalue weighted by molar-refractivity contribution is -0.116. The molecule has 0 aliphatic heterocycles. The molecule has 0 fully saturated rings. The maximum atomic E-state index is 12.5. The fourth-order valence-corrected chi connectivity index (χ4v) is 4.35. The number of hydrogen-bond acceptors (Lipinski definition) is 7. The van der Waals surface area contributed by atoms with Gasteiger partial charge in [-0.3, -0.25) is 15.2 Å². The highest BCUT2D eigenvalue weighted by Gasteiger charge is 2.18. The van der Waals surface area contributed by atoms with Crippen LogP contribution in [0.4, 0.5) is 5.95 Å². The normalized spacial score (nSPS) is 11.2. The van der Waals surface area contributed by atoms with Crippen LogP contribution in [0, 0.1) is 13.8 Å². The molecule has 0 radical (unpaired) electrons. The Kier molecular flexibility index (Phi) is 7.11. The van der Waals surface area contributed by atoms with Gasteiger partial charge < -0.3 is 9.47 Å². The Morgan fingerprint density at radius 1 is 1.09 bits per heavy atom. The van der Waals surface area contributed by atoms with Crippen molar-refractivity contribution in [3.05, 3.63) is 47.5 Å². The van der Waals surface area contributed by atoms with E-state index >= 15 is 0 Å². The van der Waals surface area contributed by atoms with Gasteiger partial charge in [0.15, 0.2) is 5.82 Å². The smallest absolute Gasteiger partial charge is 0.249 e.